The maximum Gasteiger partial charge on any atom is 0.231 e. The topological polar surface area (TPSA) is 94.1 Å². The molecular weight excluding hydrogens is 447 g/mol. The van der Waals surface area contributed by atoms with Crippen LogP contribution in [-0.4, -0.2) is 26.7 Å². The summed E-state index contributed by atoms with van der Waals surface area (Å²) in [6.45, 7) is 2.16. The van der Waals surface area contributed by atoms with E-state index >= 15 is 0 Å². The Kier molecular flexibility index (Phi) is 6.50. The number of halogens is 2. The fourth-order valence-corrected chi connectivity index (χ4v) is 3.30. The standard InChI is InChI=1S/C23H19FN6O2.ClH/c1-14(15-2-5-17(24)6-3-15)27-23-28-18(16-4-7-19-20(10-16)32-13-31-19)11-21(30-23)29-22-12-25-8-9-26-22;/h2-12,14H,13H2,1H3,(H2,26,27,28,29,30);1H/t14-;/m0./s1. The minimum Gasteiger partial charge on any atom is -0.454 e. The van der Waals surface area contributed by atoms with Crippen LogP contribution in [0.5, 0.6) is 11.5 Å². The van der Waals surface area contributed by atoms with Gasteiger partial charge in [0.1, 0.15) is 17.5 Å². The lowest BCUT2D eigenvalue weighted by atomic mass is 10.1. The van der Waals surface area contributed by atoms with Gasteiger partial charge in [-0.3, -0.25) is 4.98 Å². The maximum absolute atomic E-state index is 13.3. The second-order valence-corrected chi connectivity index (χ2v) is 7.16. The molecule has 2 N–H and O–H groups in total. The highest BCUT2D eigenvalue weighted by molar-refractivity contribution is 5.85. The van der Waals surface area contributed by atoms with Crippen LogP contribution in [0.4, 0.5) is 22.0 Å². The molecule has 2 aromatic carbocycles. The normalized spacial score (nSPS) is 12.5. The zero-order valence-corrected chi connectivity index (χ0v) is 18.3. The smallest absolute Gasteiger partial charge is 0.231 e. The van der Waals surface area contributed by atoms with E-state index in [1.54, 1.807) is 30.7 Å². The summed E-state index contributed by atoms with van der Waals surface area (Å²) in [4.78, 5) is 17.6. The Morgan fingerprint density at radius 1 is 0.939 bits per heavy atom. The maximum atomic E-state index is 13.3. The molecule has 0 unspecified atom stereocenters. The van der Waals surface area contributed by atoms with Gasteiger partial charge in [-0.15, -0.1) is 12.4 Å². The summed E-state index contributed by atoms with van der Waals surface area (Å²) < 4.78 is 24.2. The summed E-state index contributed by atoms with van der Waals surface area (Å²) in [5.74, 6) is 2.59. The van der Waals surface area contributed by atoms with Crippen molar-refractivity contribution in [1.29, 1.82) is 0 Å². The van der Waals surface area contributed by atoms with Gasteiger partial charge in [0.05, 0.1) is 17.9 Å². The van der Waals surface area contributed by atoms with Gasteiger partial charge in [0.15, 0.2) is 11.5 Å². The summed E-state index contributed by atoms with van der Waals surface area (Å²) in [6.07, 6.45) is 4.80. The number of fused-ring (bicyclic) bond motifs is 1. The van der Waals surface area contributed by atoms with E-state index in [0.29, 0.717) is 34.8 Å². The fraction of sp³-hybridized carbons (Fsp3) is 0.130. The first kappa shape index (κ1) is 22.2. The summed E-state index contributed by atoms with van der Waals surface area (Å²) in [5.41, 5.74) is 2.43. The number of rotatable bonds is 6. The predicted molar refractivity (Wildman–Crippen MR) is 125 cm³/mol. The predicted octanol–water partition coefficient (Wildman–Crippen LogP) is 5.14. The molecule has 0 saturated carbocycles. The number of hydrogen-bond donors (Lipinski definition) is 2. The van der Waals surface area contributed by atoms with E-state index in [4.69, 9.17) is 9.47 Å². The van der Waals surface area contributed by atoms with E-state index in [9.17, 15) is 4.39 Å². The van der Waals surface area contributed by atoms with Crippen molar-refractivity contribution in [3.63, 3.8) is 0 Å². The SMILES string of the molecule is C[C@H](Nc1nc(Nc2cnccn2)cc(-c2ccc3c(c2)OCO3)n1)c1ccc(F)cc1.Cl. The Morgan fingerprint density at radius 3 is 2.55 bits per heavy atom. The molecule has 1 atom stereocenters. The quantitative estimate of drug-likeness (QED) is 0.403. The number of hydrogen-bond acceptors (Lipinski definition) is 8. The first-order valence-electron chi connectivity index (χ1n) is 9.98. The van der Waals surface area contributed by atoms with Gasteiger partial charge in [-0.25, -0.2) is 14.4 Å². The molecule has 4 aromatic rings. The van der Waals surface area contributed by atoms with Crippen LogP contribution in [0.15, 0.2) is 67.1 Å². The summed E-state index contributed by atoms with van der Waals surface area (Å²) in [5, 5.41) is 6.45. The molecule has 0 aliphatic carbocycles. The van der Waals surface area contributed by atoms with Crippen LogP contribution in [0.2, 0.25) is 0 Å². The Hall–Kier alpha value is -3.98. The highest BCUT2D eigenvalue weighted by atomic mass is 35.5. The van der Waals surface area contributed by atoms with Crippen molar-refractivity contribution in [3.05, 3.63) is 78.5 Å². The molecule has 33 heavy (non-hydrogen) atoms. The summed E-state index contributed by atoms with van der Waals surface area (Å²) in [7, 11) is 0. The number of nitrogens with zero attached hydrogens (tertiary/aromatic N) is 4. The number of anilines is 3. The molecule has 3 heterocycles. The number of benzene rings is 2. The largest absolute Gasteiger partial charge is 0.454 e. The Labute approximate surface area is 195 Å². The van der Waals surface area contributed by atoms with E-state index < -0.39 is 0 Å². The van der Waals surface area contributed by atoms with Crippen LogP contribution < -0.4 is 20.1 Å². The van der Waals surface area contributed by atoms with E-state index in [2.05, 4.69) is 30.6 Å². The van der Waals surface area contributed by atoms with E-state index in [1.807, 2.05) is 31.2 Å². The second-order valence-electron chi connectivity index (χ2n) is 7.16. The molecule has 0 radical (unpaired) electrons. The van der Waals surface area contributed by atoms with Gasteiger partial charge in [0.25, 0.3) is 0 Å². The van der Waals surface area contributed by atoms with Crippen LogP contribution in [0.1, 0.15) is 18.5 Å². The van der Waals surface area contributed by atoms with Crippen molar-refractivity contribution < 1.29 is 13.9 Å². The van der Waals surface area contributed by atoms with Gasteiger partial charge in [0.2, 0.25) is 12.7 Å². The zero-order valence-electron chi connectivity index (χ0n) is 17.5. The minimum absolute atomic E-state index is 0. The molecule has 1 aliphatic rings. The van der Waals surface area contributed by atoms with Crippen molar-refractivity contribution in [2.75, 3.05) is 17.4 Å². The molecule has 0 spiro atoms. The monoisotopic (exact) mass is 466 g/mol. The molecule has 2 aromatic heterocycles. The molecule has 0 amide bonds. The van der Waals surface area contributed by atoms with Crippen LogP contribution in [0.25, 0.3) is 11.3 Å². The Morgan fingerprint density at radius 2 is 1.76 bits per heavy atom. The molecule has 5 rings (SSSR count). The molecule has 0 saturated heterocycles. The molecule has 168 valence electrons. The third-order valence-electron chi connectivity index (χ3n) is 4.93. The van der Waals surface area contributed by atoms with Crippen molar-refractivity contribution in [3.8, 4) is 22.8 Å². The van der Waals surface area contributed by atoms with Gasteiger partial charge in [0, 0.05) is 24.0 Å². The van der Waals surface area contributed by atoms with Gasteiger partial charge in [-0.05, 0) is 42.8 Å². The van der Waals surface area contributed by atoms with E-state index in [0.717, 1.165) is 11.1 Å². The van der Waals surface area contributed by atoms with Crippen LogP contribution in [-0.2, 0) is 0 Å². The molecule has 1 aliphatic heterocycles. The number of ether oxygens (including phenoxy) is 2. The molecule has 8 nitrogen and oxygen atoms in total. The van der Waals surface area contributed by atoms with Crippen molar-refractivity contribution in [2.24, 2.45) is 0 Å². The first-order valence-corrected chi connectivity index (χ1v) is 9.98. The number of nitrogens with one attached hydrogen (secondary N) is 2. The highest BCUT2D eigenvalue weighted by Crippen LogP contribution is 2.36. The molecule has 0 fully saturated rings. The highest BCUT2D eigenvalue weighted by Gasteiger charge is 2.16. The van der Waals surface area contributed by atoms with E-state index in [1.165, 1.54) is 12.1 Å². The van der Waals surface area contributed by atoms with Gasteiger partial charge >= 0.3 is 0 Å². The zero-order chi connectivity index (χ0) is 21.9. The summed E-state index contributed by atoms with van der Waals surface area (Å²) >= 11 is 0. The number of aromatic nitrogens is 4. The molecular formula is C23H20ClFN6O2. The fourth-order valence-electron chi connectivity index (χ4n) is 3.30. The Bertz CT molecular complexity index is 1240. The third kappa shape index (κ3) is 5.09. The third-order valence-corrected chi connectivity index (χ3v) is 4.93. The molecule has 10 heteroatoms. The van der Waals surface area contributed by atoms with Gasteiger partial charge in [-0.2, -0.15) is 4.98 Å². The lowest BCUT2D eigenvalue weighted by Crippen LogP contribution is -2.11. The first-order chi connectivity index (χ1) is 15.6. The van der Waals surface area contributed by atoms with Crippen LogP contribution >= 0.6 is 12.4 Å². The molecule has 0 bridgehead atoms. The summed E-state index contributed by atoms with van der Waals surface area (Å²) in [6, 6.07) is 13.6. The van der Waals surface area contributed by atoms with Crippen LogP contribution in [0.3, 0.4) is 0 Å². The lowest BCUT2D eigenvalue weighted by molar-refractivity contribution is 0.174. The minimum atomic E-state index is -0.280. The van der Waals surface area contributed by atoms with Crippen molar-refractivity contribution in [1.82, 2.24) is 19.9 Å². The average Bonchev–Trinajstić information content (AvgIpc) is 3.28. The van der Waals surface area contributed by atoms with Gasteiger partial charge in [-0.1, -0.05) is 12.1 Å². The van der Waals surface area contributed by atoms with Gasteiger partial charge < -0.3 is 20.1 Å². The van der Waals surface area contributed by atoms with Crippen LogP contribution in [0, 0.1) is 5.82 Å². The lowest BCUT2D eigenvalue weighted by Gasteiger charge is -2.16. The average molecular weight is 467 g/mol. The van der Waals surface area contributed by atoms with E-state index in [-0.39, 0.29) is 31.1 Å². The van der Waals surface area contributed by atoms with Crippen molar-refractivity contribution in [2.45, 2.75) is 13.0 Å². The Balaban J connectivity index is 0.00000259. The second kappa shape index (κ2) is 9.66. The van der Waals surface area contributed by atoms with Crippen molar-refractivity contribution >= 4 is 30.0 Å².